The van der Waals surface area contributed by atoms with E-state index in [4.69, 9.17) is 4.42 Å². The SMILES string of the molecule is C=CC1=C(/C=C\C)C(c2ccccc2)(c2ccccc2)c2cc3c(cc21)oc1ccccc13. The van der Waals surface area contributed by atoms with Gasteiger partial charge < -0.3 is 4.42 Å². The van der Waals surface area contributed by atoms with Gasteiger partial charge in [0.05, 0.1) is 5.41 Å². The van der Waals surface area contributed by atoms with Crippen molar-refractivity contribution in [3.8, 4) is 0 Å². The quantitative estimate of drug-likeness (QED) is 0.282. The number of fused-ring (bicyclic) bond motifs is 4. The molecule has 0 saturated carbocycles. The van der Waals surface area contributed by atoms with Gasteiger partial charge in [-0.15, -0.1) is 0 Å². The fraction of sp³-hybridized carbons (Fsp3) is 0.0625. The smallest absolute Gasteiger partial charge is 0.136 e. The van der Waals surface area contributed by atoms with Crippen molar-refractivity contribution in [1.82, 2.24) is 0 Å². The van der Waals surface area contributed by atoms with E-state index < -0.39 is 5.41 Å². The molecule has 1 aliphatic carbocycles. The van der Waals surface area contributed by atoms with Gasteiger partial charge in [0, 0.05) is 10.8 Å². The Balaban J connectivity index is 1.83. The highest BCUT2D eigenvalue weighted by Gasteiger charge is 2.46. The van der Waals surface area contributed by atoms with Crippen molar-refractivity contribution in [2.75, 3.05) is 0 Å². The molecule has 0 N–H and O–H groups in total. The minimum Gasteiger partial charge on any atom is -0.456 e. The number of allylic oxidation sites excluding steroid dienone is 5. The summed E-state index contributed by atoms with van der Waals surface area (Å²) >= 11 is 0. The van der Waals surface area contributed by atoms with Crippen LogP contribution in [0.25, 0.3) is 27.5 Å². The Labute approximate surface area is 194 Å². The second kappa shape index (κ2) is 7.50. The van der Waals surface area contributed by atoms with Gasteiger partial charge in [0.25, 0.3) is 0 Å². The first kappa shape index (κ1) is 19.6. The monoisotopic (exact) mass is 424 g/mol. The molecule has 0 saturated heterocycles. The molecule has 33 heavy (non-hydrogen) atoms. The van der Waals surface area contributed by atoms with Crippen LogP contribution in [0.5, 0.6) is 0 Å². The molecule has 0 fully saturated rings. The second-order valence-corrected chi connectivity index (χ2v) is 8.51. The minimum absolute atomic E-state index is 0.444. The molecular formula is C32H24O. The first-order valence-corrected chi connectivity index (χ1v) is 11.4. The molecule has 0 radical (unpaired) electrons. The van der Waals surface area contributed by atoms with Crippen LogP contribution in [-0.2, 0) is 5.41 Å². The zero-order valence-corrected chi connectivity index (χ0v) is 18.6. The van der Waals surface area contributed by atoms with Gasteiger partial charge in [-0.25, -0.2) is 0 Å². The summed E-state index contributed by atoms with van der Waals surface area (Å²) < 4.78 is 6.27. The van der Waals surface area contributed by atoms with Crippen molar-refractivity contribution in [3.63, 3.8) is 0 Å². The highest BCUT2D eigenvalue weighted by molar-refractivity contribution is 6.08. The van der Waals surface area contributed by atoms with Crippen LogP contribution < -0.4 is 0 Å². The van der Waals surface area contributed by atoms with E-state index in [1.807, 2.05) is 18.2 Å². The lowest BCUT2D eigenvalue weighted by atomic mass is 9.66. The number of hydrogen-bond donors (Lipinski definition) is 0. The van der Waals surface area contributed by atoms with Crippen LogP contribution >= 0.6 is 0 Å². The van der Waals surface area contributed by atoms with Crippen LogP contribution in [0.2, 0.25) is 0 Å². The van der Waals surface area contributed by atoms with Crippen molar-refractivity contribution in [2.45, 2.75) is 12.3 Å². The van der Waals surface area contributed by atoms with Crippen molar-refractivity contribution < 1.29 is 4.42 Å². The summed E-state index contributed by atoms with van der Waals surface area (Å²) in [5.41, 5.74) is 8.71. The van der Waals surface area contributed by atoms with Gasteiger partial charge in [-0.1, -0.05) is 104 Å². The summed E-state index contributed by atoms with van der Waals surface area (Å²) in [4.78, 5) is 0. The Bertz CT molecular complexity index is 1520. The third-order valence-corrected chi connectivity index (χ3v) is 6.86. The topological polar surface area (TPSA) is 13.1 Å². The second-order valence-electron chi connectivity index (χ2n) is 8.51. The van der Waals surface area contributed by atoms with Gasteiger partial charge in [-0.3, -0.25) is 0 Å². The molecule has 0 bridgehead atoms. The van der Waals surface area contributed by atoms with E-state index in [1.54, 1.807) is 0 Å². The van der Waals surface area contributed by atoms with Gasteiger partial charge in [0.2, 0.25) is 0 Å². The Morgan fingerprint density at radius 1 is 0.727 bits per heavy atom. The first-order chi connectivity index (χ1) is 16.3. The number of hydrogen-bond acceptors (Lipinski definition) is 1. The highest BCUT2D eigenvalue weighted by Crippen LogP contribution is 2.56. The maximum absolute atomic E-state index is 6.27. The van der Waals surface area contributed by atoms with Crippen LogP contribution in [-0.4, -0.2) is 0 Å². The van der Waals surface area contributed by atoms with Crippen molar-refractivity contribution >= 4 is 27.5 Å². The summed E-state index contributed by atoms with van der Waals surface area (Å²) in [6.45, 7) is 6.31. The fourth-order valence-electron chi connectivity index (χ4n) is 5.56. The molecule has 158 valence electrons. The van der Waals surface area contributed by atoms with E-state index in [0.717, 1.165) is 27.5 Å². The van der Waals surface area contributed by atoms with Crippen LogP contribution in [0.15, 0.2) is 132 Å². The molecule has 1 aromatic heterocycles. The number of para-hydroxylation sites is 1. The predicted molar refractivity (Wildman–Crippen MR) is 138 cm³/mol. The molecule has 6 rings (SSSR count). The molecule has 1 heteroatoms. The van der Waals surface area contributed by atoms with E-state index in [2.05, 4.69) is 111 Å². The fourth-order valence-corrected chi connectivity index (χ4v) is 5.56. The molecule has 1 heterocycles. The van der Waals surface area contributed by atoms with Crippen LogP contribution in [0.3, 0.4) is 0 Å². The third-order valence-electron chi connectivity index (χ3n) is 6.86. The van der Waals surface area contributed by atoms with E-state index in [1.165, 1.54) is 27.8 Å². The highest BCUT2D eigenvalue weighted by atomic mass is 16.3. The lowest BCUT2D eigenvalue weighted by molar-refractivity contribution is 0.668. The molecule has 5 aromatic rings. The molecule has 1 nitrogen and oxygen atoms in total. The number of rotatable bonds is 4. The Hall–Kier alpha value is -4.10. The van der Waals surface area contributed by atoms with E-state index >= 15 is 0 Å². The molecule has 0 unspecified atom stereocenters. The van der Waals surface area contributed by atoms with Gasteiger partial charge in [0.15, 0.2) is 0 Å². The van der Waals surface area contributed by atoms with Gasteiger partial charge in [-0.05, 0) is 58.5 Å². The van der Waals surface area contributed by atoms with Crippen LogP contribution in [0.1, 0.15) is 29.2 Å². The summed E-state index contributed by atoms with van der Waals surface area (Å²) in [7, 11) is 0. The summed E-state index contributed by atoms with van der Waals surface area (Å²) in [6.07, 6.45) is 6.37. The van der Waals surface area contributed by atoms with E-state index in [-0.39, 0.29) is 0 Å². The number of benzene rings is 4. The first-order valence-electron chi connectivity index (χ1n) is 11.4. The summed E-state index contributed by atoms with van der Waals surface area (Å²) in [6, 6.07) is 34.5. The zero-order valence-electron chi connectivity index (χ0n) is 18.6. The maximum atomic E-state index is 6.27. The zero-order chi connectivity index (χ0) is 22.4. The lowest BCUT2D eigenvalue weighted by Crippen LogP contribution is -2.29. The van der Waals surface area contributed by atoms with Crippen molar-refractivity contribution in [1.29, 1.82) is 0 Å². The summed E-state index contributed by atoms with van der Waals surface area (Å²) in [5.74, 6) is 0. The molecule has 0 atom stereocenters. The average Bonchev–Trinajstić information content (AvgIpc) is 3.36. The largest absolute Gasteiger partial charge is 0.456 e. The summed E-state index contributed by atoms with van der Waals surface area (Å²) in [5, 5.41) is 2.29. The Morgan fingerprint density at radius 2 is 1.36 bits per heavy atom. The van der Waals surface area contributed by atoms with E-state index in [0.29, 0.717) is 0 Å². The maximum Gasteiger partial charge on any atom is 0.136 e. The van der Waals surface area contributed by atoms with Crippen molar-refractivity contribution in [3.05, 3.63) is 150 Å². The Kier molecular flexibility index (Phi) is 4.45. The number of furan rings is 1. The van der Waals surface area contributed by atoms with E-state index in [9.17, 15) is 0 Å². The van der Waals surface area contributed by atoms with Gasteiger partial charge in [0.1, 0.15) is 11.2 Å². The molecule has 0 aliphatic heterocycles. The minimum atomic E-state index is -0.444. The standard InChI is InChI=1S/C32H24O/c1-3-13-28-24(4-2)26-21-31-27(25-18-11-12-19-30(25)33-31)20-29(26)32(28,22-14-7-5-8-15-22)23-16-9-6-10-17-23/h3-21H,2H2,1H3/b13-3-. The molecular weight excluding hydrogens is 400 g/mol. The van der Waals surface area contributed by atoms with Gasteiger partial charge >= 0.3 is 0 Å². The van der Waals surface area contributed by atoms with Crippen LogP contribution in [0.4, 0.5) is 0 Å². The molecule has 0 spiro atoms. The normalized spacial score (nSPS) is 14.9. The third kappa shape index (κ3) is 2.66. The van der Waals surface area contributed by atoms with Crippen LogP contribution in [0, 0.1) is 0 Å². The molecule has 4 aromatic carbocycles. The lowest BCUT2D eigenvalue weighted by Gasteiger charge is -2.35. The van der Waals surface area contributed by atoms with Gasteiger partial charge in [-0.2, -0.15) is 0 Å². The van der Waals surface area contributed by atoms with Crippen molar-refractivity contribution in [2.24, 2.45) is 0 Å². The molecule has 0 amide bonds. The molecule has 1 aliphatic rings. The predicted octanol–water partition coefficient (Wildman–Crippen LogP) is 8.45. The average molecular weight is 425 g/mol. The Morgan fingerprint density at radius 3 is 2.00 bits per heavy atom.